The third-order valence-electron chi connectivity index (χ3n) is 7.06. The monoisotopic (exact) mass is 538 g/mol. The number of pyridine rings is 1. The molecule has 0 aliphatic rings. The summed E-state index contributed by atoms with van der Waals surface area (Å²) in [6.07, 6.45) is 7.29. The van der Waals surface area contributed by atoms with Gasteiger partial charge in [-0.1, -0.05) is 37.3 Å². The number of likely N-dealkylation sites (N-methyl/N-ethyl adjacent to an activating group) is 1. The van der Waals surface area contributed by atoms with Crippen molar-refractivity contribution < 1.29 is 4.79 Å². The number of nitrogens with one attached hydrogen (secondary N) is 2. The summed E-state index contributed by atoms with van der Waals surface area (Å²) in [6, 6.07) is 19.8. The van der Waals surface area contributed by atoms with E-state index in [9.17, 15) is 4.79 Å². The molecule has 0 spiro atoms. The highest BCUT2D eigenvalue weighted by Gasteiger charge is 2.21. The fourth-order valence-electron chi connectivity index (χ4n) is 4.05. The molecule has 0 amide bonds. The Morgan fingerprint density at radius 1 is 1.02 bits per heavy atom. The molecule has 7 heteroatoms. The van der Waals surface area contributed by atoms with Gasteiger partial charge in [-0.3, -0.25) is 9.78 Å². The van der Waals surface area contributed by atoms with Crippen molar-refractivity contribution in [3.8, 4) is 11.3 Å². The molecule has 2 aromatic heterocycles. The highest BCUT2D eigenvalue weighted by atomic mass is 16.1. The second-order valence-corrected chi connectivity index (χ2v) is 10.9. The van der Waals surface area contributed by atoms with E-state index < -0.39 is 0 Å². The van der Waals surface area contributed by atoms with E-state index in [-0.39, 0.29) is 5.54 Å². The second-order valence-electron chi connectivity index (χ2n) is 10.9. The standard InChI is InChI=1S/C17H17N5.C16H25NO/c1-12-5-6-14(18-2)10-16(12)22-17-20-9-7-15(21-17)13-4-3-8-19-11-13;1-6-14(11-17(5)16(2,3)4)15-9-7-13(12-18)8-10-15/h3-11,18H,1-2H3,(H,20,21,22);7-10,12,14H,6,11H2,1-5H3. The van der Waals surface area contributed by atoms with Crippen LogP contribution in [0.4, 0.5) is 17.3 Å². The van der Waals surface area contributed by atoms with Crippen molar-refractivity contribution in [2.75, 3.05) is 31.3 Å². The Bertz CT molecular complexity index is 1350. The van der Waals surface area contributed by atoms with Crippen molar-refractivity contribution >= 4 is 23.6 Å². The Labute approximate surface area is 239 Å². The van der Waals surface area contributed by atoms with E-state index in [2.05, 4.69) is 83.4 Å². The van der Waals surface area contributed by atoms with Gasteiger partial charge < -0.3 is 15.5 Å². The topological polar surface area (TPSA) is 83.0 Å². The van der Waals surface area contributed by atoms with Crippen molar-refractivity contribution in [3.05, 3.63) is 95.9 Å². The van der Waals surface area contributed by atoms with Crippen LogP contribution in [-0.2, 0) is 0 Å². The summed E-state index contributed by atoms with van der Waals surface area (Å²) < 4.78 is 0. The molecule has 2 N–H and O–H groups in total. The van der Waals surface area contributed by atoms with Crippen LogP contribution >= 0.6 is 0 Å². The molecule has 4 rings (SSSR count). The number of carbonyl (C=O) groups excluding carboxylic acids is 1. The maximum atomic E-state index is 10.7. The Hall–Kier alpha value is -4.10. The molecule has 0 radical (unpaired) electrons. The first kappa shape index (κ1) is 30.4. The largest absolute Gasteiger partial charge is 0.388 e. The molecule has 210 valence electrons. The minimum absolute atomic E-state index is 0.191. The van der Waals surface area contributed by atoms with Crippen LogP contribution in [0.3, 0.4) is 0 Å². The Kier molecular flexibility index (Phi) is 10.9. The quantitative estimate of drug-likeness (QED) is 0.215. The lowest BCUT2D eigenvalue weighted by Crippen LogP contribution is -2.40. The third-order valence-corrected chi connectivity index (χ3v) is 7.06. The molecule has 1 atom stereocenters. The van der Waals surface area contributed by atoms with Gasteiger partial charge in [-0.25, -0.2) is 9.97 Å². The first-order valence-corrected chi connectivity index (χ1v) is 13.7. The van der Waals surface area contributed by atoms with E-state index in [4.69, 9.17) is 0 Å². The predicted molar refractivity (Wildman–Crippen MR) is 167 cm³/mol. The van der Waals surface area contributed by atoms with Gasteiger partial charge in [0.2, 0.25) is 5.95 Å². The van der Waals surface area contributed by atoms with Gasteiger partial charge in [0.1, 0.15) is 6.29 Å². The summed E-state index contributed by atoms with van der Waals surface area (Å²) in [5.41, 5.74) is 7.22. The molecule has 0 fully saturated rings. The van der Waals surface area contributed by atoms with Gasteiger partial charge in [0.05, 0.1) is 5.69 Å². The molecule has 2 aromatic carbocycles. The van der Waals surface area contributed by atoms with Crippen molar-refractivity contribution in [1.29, 1.82) is 0 Å². The molecule has 0 aliphatic carbocycles. The number of aryl methyl sites for hydroxylation is 1. The Balaban J connectivity index is 0.000000226. The molecule has 0 bridgehead atoms. The second kappa shape index (κ2) is 14.3. The highest BCUT2D eigenvalue weighted by molar-refractivity contribution is 5.74. The van der Waals surface area contributed by atoms with Crippen LogP contribution in [-0.4, -0.2) is 52.3 Å². The number of benzene rings is 2. The number of hydrogen-bond acceptors (Lipinski definition) is 7. The molecule has 0 saturated carbocycles. The number of hydrogen-bond donors (Lipinski definition) is 2. The molecule has 0 aliphatic heterocycles. The highest BCUT2D eigenvalue weighted by Crippen LogP contribution is 2.25. The van der Waals surface area contributed by atoms with Crippen molar-refractivity contribution in [3.63, 3.8) is 0 Å². The molecule has 7 nitrogen and oxygen atoms in total. The van der Waals surface area contributed by atoms with Crippen LogP contribution in [0.1, 0.15) is 61.5 Å². The SMILES string of the molecule is CCC(CN(C)C(C)(C)C)c1ccc(C=O)cc1.CNc1ccc(C)c(Nc2nccc(-c3cccnc3)n2)c1. The van der Waals surface area contributed by atoms with Crippen LogP contribution in [0.25, 0.3) is 11.3 Å². The minimum Gasteiger partial charge on any atom is -0.388 e. The van der Waals surface area contributed by atoms with E-state index in [1.807, 2.05) is 56.4 Å². The van der Waals surface area contributed by atoms with E-state index >= 15 is 0 Å². The molecule has 0 saturated heterocycles. The lowest BCUT2D eigenvalue weighted by atomic mass is 9.93. The molecule has 4 aromatic rings. The molecule has 2 heterocycles. The van der Waals surface area contributed by atoms with E-state index in [1.54, 1.807) is 18.6 Å². The van der Waals surface area contributed by atoms with Gasteiger partial charge >= 0.3 is 0 Å². The van der Waals surface area contributed by atoms with Crippen LogP contribution in [0.2, 0.25) is 0 Å². The zero-order valence-electron chi connectivity index (χ0n) is 24.8. The maximum Gasteiger partial charge on any atom is 0.227 e. The number of nitrogens with zero attached hydrogens (tertiary/aromatic N) is 4. The average Bonchev–Trinajstić information content (AvgIpc) is 2.97. The zero-order valence-corrected chi connectivity index (χ0v) is 24.8. The fraction of sp³-hybridized carbons (Fsp3) is 0.333. The average molecular weight is 539 g/mol. The van der Waals surface area contributed by atoms with Crippen molar-refractivity contribution in [1.82, 2.24) is 19.9 Å². The van der Waals surface area contributed by atoms with Gasteiger partial charge in [0.15, 0.2) is 0 Å². The summed E-state index contributed by atoms with van der Waals surface area (Å²) in [6.45, 7) is 12.0. The van der Waals surface area contributed by atoms with Crippen LogP contribution in [0.15, 0.2) is 79.3 Å². The van der Waals surface area contributed by atoms with Gasteiger partial charge in [0.25, 0.3) is 0 Å². The summed E-state index contributed by atoms with van der Waals surface area (Å²) in [4.78, 5) is 26.0. The lowest BCUT2D eigenvalue weighted by Gasteiger charge is -2.34. The third kappa shape index (κ3) is 8.71. The molecule has 40 heavy (non-hydrogen) atoms. The maximum absolute atomic E-state index is 10.7. The van der Waals surface area contributed by atoms with Crippen molar-refractivity contribution in [2.24, 2.45) is 0 Å². The molecular weight excluding hydrogens is 496 g/mol. The predicted octanol–water partition coefficient (Wildman–Crippen LogP) is 7.36. The smallest absolute Gasteiger partial charge is 0.227 e. The lowest BCUT2D eigenvalue weighted by molar-refractivity contribution is 0.112. The molecule has 1 unspecified atom stereocenters. The van der Waals surface area contributed by atoms with Gasteiger partial charge in [-0.05, 0) is 88.5 Å². The van der Waals surface area contributed by atoms with Gasteiger partial charge in [-0.15, -0.1) is 0 Å². The van der Waals surface area contributed by atoms with Crippen LogP contribution in [0, 0.1) is 6.92 Å². The number of carbonyl (C=O) groups is 1. The van der Waals surface area contributed by atoms with Crippen molar-refractivity contribution in [2.45, 2.75) is 52.5 Å². The number of rotatable bonds is 9. The van der Waals surface area contributed by atoms with Crippen LogP contribution in [0.5, 0.6) is 0 Å². The normalized spacial score (nSPS) is 11.8. The number of aromatic nitrogens is 3. The molecular formula is C33H42N6O. The first-order valence-electron chi connectivity index (χ1n) is 13.7. The number of aldehydes is 1. The van der Waals surface area contributed by atoms with Crippen LogP contribution < -0.4 is 10.6 Å². The summed E-state index contributed by atoms with van der Waals surface area (Å²) in [5, 5.41) is 6.40. The zero-order chi connectivity index (χ0) is 29.1. The summed E-state index contributed by atoms with van der Waals surface area (Å²) in [5.74, 6) is 1.09. The van der Waals surface area contributed by atoms with E-state index in [0.29, 0.717) is 11.9 Å². The fourth-order valence-corrected chi connectivity index (χ4v) is 4.05. The summed E-state index contributed by atoms with van der Waals surface area (Å²) in [7, 11) is 4.07. The number of anilines is 3. The Morgan fingerprint density at radius 2 is 1.77 bits per heavy atom. The van der Waals surface area contributed by atoms with E-state index in [0.717, 1.165) is 53.0 Å². The summed E-state index contributed by atoms with van der Waals surface area (Å²) >= 11 is 0. The first-order chi connectivity index (χ1) is 19.1. The van der Waals surface area contributed by atoms with E-state index in [1.165, 1.54) is 5.56 Å². The van der Waals surface area contributed by atoms with Gasteiger partial charge in [-0.2, -0.15) is 0 Å². The minimum atomic E-state index is 0.191. The van der Waals surface area contributed by atoms with Gasteiger partial charge in [0, 0.05) is 60.2 Å². The Morgan fingerprint density at radius 3 is 2.38 bits per heavy atom.